The molecule has 2 aromatic rings. The zero-order chi connectivity index (χ0) is 13.8. The van der Waals surface area contributed by atoms with E-state index in [1.54, 1.807) is 12.3 Å². The molecule has 0 atom stereocenters. The Kier molecular flexibility index (Phi) is 4.27. The summed E-state index contributed by atoms with van der Waals surface area (Å²) in [6, 6.07) is 9.10. The van der Waals surface area contributed by atoms with Gasteiger partial charge in [0.15, 0.2) is 0 Å². The van der Waals surface area contributed by atoms with Crippen LogP contribution in [0.1, 0.15) is 31.1 Å². The van der Waals surface area contributed by atoms with E-state index in [4.69, 9.17) is 4.42 Å². The van der Waals surface area contributed by atoms with Crippen molar-refractivity contribution in [3.05, 3.63) is 58.0 Å². The smallest absolute Gasteiger partial charge is 0.283 e. The number of thioether (sulfide) groups is 1. The third-order valence-electron chi connectivity index (χ3n) is 2.80. The van der Waals surface area contributed by atoms with E-state index in [1.807, 2.05) is 38.1 Å². The van der Waals surface area contributed by atoms with Crippen molar-refractivity contribution in [1.29, 1.82) is 0 Å². The molecule has 0 saturated heterocycles. The van der Waals surface area contributed by atoms with E-state index in [-0.39, 0.29) is 16.5 Å². The van der Waals surface area contributed by atoms with Crippen molar-refractivity contribution in [2.45, 2.75) is 30.4 Å². The summed E-state index contributed by atoms with van der Waals surface area (Å²) in [5, 5.41) is 11.1. The lowest BCUT2D eigenvalue weighted by Gasteiger charge is -2.07. The normalized spacial score (nSPS) is 10.9. The number of nitro groups is 1. The van der Waals surface area contributed by atoms with Crippen LogP contribution >= 0.6 is 11.8 Å². The van der Waals surface area contributed by atoms with Crippen molar-refractivity contribution >= 4 is 17.4 Å². The Labute approximate surface area is 116 Å². The summed E-state index contributed by atoms with van der Waals surface area (Å²) in [6.07, 6.45) is 1.60. The van der Waals surface area contributed by atoms with Crippen LogP contribution in [0.15, 0.2) is 45.9 Å². The quantitative estimate of drug-likeness (QED) is 0.455. The van der Waals surface area contributed by atoms with Gasteiger partial charge in [-0.25, -0.2) is 0 Å². The van der Waals surface area contributed by atoms with E-state index in [9.17, 15) is 10.1 Å². The van der Waals surface area contributed by atoms with Crippen molar-refractivity contribution in [2.75, 3.05) is 0 Å². The minimum Gasteiger partial charge on any atom is -0.468 e. The Bertz CT molecular complexity index is 564. The standard InChI is InChI=1S/C14H15NO3S/c1-10(2)11-5-6-14(13(8-11)15(16)17)19-9-12-4-3-7-18-12/h3-8,10H,9H2,1-2H3. The first kappa shape index (κ1) is 13.7. The van der Waals surface area contributed by atoms with Gasteiger partial charge in [0.2, 0.25) is 0 Å². The zero-order valence-electron chi connectivity index (χ0n) is 10.8. The van der Waals surface area contributed by atoms with Crippen molar-refractivity contribution in [3.63, 3.8) is 0 Å². The predicted molar refractivity (Wildman–Crippen MR) is 75.5 cm³/mol. The molecule has 4 nitrogen and oxygen atoms in total. The first-order chi connectivity index (χ1) is 9.08. The fourth-order valence-corrected chi connectivity index (χ4v) is 2.61. The number of nitrogens with zero attached hydrogens (tertiary/aromatic N) is 1. The largest absolute Gasteiger partial charge is 0.468 e. The van der Waals surface area contributed by atoms with Gasteiger partial charge in [-0.2, -0.15) is 0 Å². The molecule has 2 rings (SSSR count). The lowest BCUT2D eigenvalue weighted by molar-refractivity contribution is -0.387. The molecule has 5 heteroatoms. The van der Waals surface area contributed by atoms with Crippen LogP contribution < -0.4 is 0 Å². The van der Waals surface area contributed by atoms with E-state index in [2.05, 4.69) is 0 Å². The first-order valence-electron chi connectivity index (χ1n) is 6.01. The Morgan fingerprint density at radius 3 is 2.74 bits per heavy atom. The second kappa shape index (κ2) is 5.93. The summed E-state index contributed by atoms with van der Waals surface area (Å²) in [6.45, 7) is 4.05. The molecule has 1 heterocycles. The molecule has 0 aliphatic carbocycles. The number of furan rings is 1. The van der Waals surface area contributed by atoms with Crippen LogP contribution in [0.4, 0.5) is 5.69 Å². The monoisotopic (exact) mass is 277 g/mol. The van der Waals surface area contributed by atoms with Crippen molar-refractivity contribution in [3.8, 4) is 0 Å². The lowest BCUT2D eigenvalue weighted by atomic mass is 10.0. The van der Waals surface area contributed by atoms with Gasteiger partial charge in [-0.1, -0.05) is 19.9 Å². The van der Waals surface area contributed by atoms with Gasteiger partial charge >= 0.3 is 0 Å². The van der Waals surface area contributed by atoms with Crippen molar-refractivity contribution < 1.29 is 9.34 Å². The predicted octanol–water partition coefficient (Wildman–Crippen LogP) is 4.60. The molecule has 0 radical (unpaired) electrons. The zero-order valence-corrected chi connectivity index (χ0v) is 11.6. The fourth-order valence-electron chi connectivity index (χ4n) is 1.70. The molecular formula is C14H15NO3S. The molecule has 1 aromatic carbocycles. The van der Waals surface area contributed by atoms with Gasteiger partial charge in [0.1, 0.15) is 5.76 Å². The van der Waals surface area contributed by atoms with Crippen LogP contribution in [-0.2, 0) is 5.75 Å². The third-order valence-corrected chi connectivity index (χ3v) is 3.88. The molecule has 100 valence electrons. The molecule has 0 aliphatic heterocycles. The van der Waals surface area contributed by atoms with E-state index in [0.717, 1.165) is 11.3 Å². The van der Waals surface area contributed by atoms with Crippen molar-refractivity contribution in [1.82, 2.24) is 0 Å². The van der Waals surface area contributed by atoms with Crippen LogP contribution in [0, 0.1) is 10.1 Å². The third kappa shape index (κ3) is 3.38. The molecule has 0 unspecified atom stereocenters. The molecule has 0 N–H and O–H groups in total. The summed E-state index contributed by atoms with van der Waals surface area (Å²) in [5.41, 5.74) is 1.15. The van der Waals surface area contributed by atoms with Crippen LogP contribution in [0.3, 0.4) is 0 Å². The van der Waals surface area contributed by atoms with Crippen LogP contribution in [0.5, 0.6) is 0 Å². The van der Waals surface area contributed by atoms with Gasteiger partial charge in [0.05, 0.1) is 21.8 Å². The summed E-state index contributed by atoms with van der Waals surface area (Å²) < 4.78 is 5.23. The van der Waals surface area contributed by atoms with E-state index >= 15 is 0 Å². The second-order valence-corrected chi connectivity index (χ2v) is 5.52. The number of hydrogen-bond donors (Lipinski definition) is 0. The van der Waals surface area contributed by atoms with Gasteiger partial charge < -0.3 is 4.42 Å². The number of hydrogen-bond acceptors (Lipinski definition) is 4. The van der Waals surface area contributed by atoms with Gasteiger partial charge in [-0.05, 0) is 29.7 Å². The number of nitro benzene ring substituents is 1. The average molecular weight is 277 g/mol. The molecule has 0 bridgehead atoms. The summed E-state index contributed by atoms with van der Waals surface area (Å²) in [7, 11) is 0. The highest BCUT2D eigenvalue weighted by molar-refractivity contribution is 7.98. The Balaban J connectivity index is 2.21. The summed E-state index contributed by atoms with van der Waals surface area (Å²) >= 11 is 1.42. The van der Waals surface area contributed by atoms with Crippen LogP contribution in [-0.4, -0.2) is 4.92 Å². The SMILES string of the molecule is CC(C)c1ccc(SCc2ccco2)c([N+](=O)[O-])c1. The maximum Gasteiger partial charge on any atom is 0.283 e. The van der Waals surface area contributed by atoms with Gasteiger partial charge in [-0.3, -0.25) is 10.1 Å². The number of rotatable bonds is 5. The lowest BCUT2D eigenvalue weighted by Crippen LogP contribution is -1.95. The summed E-state index contributed by atoms with van der Waals surface area (Å²) in [5.74, 6) is 1.68. The van der Waals surface area contributed by atoms with Crippen LogP contribution in [0.2, 0.25) is 0 Å². The minimum absolute atomic E-state index is 0.169. The highest BCUT2D eigenvalue weighted by atomic mass is 32.2. The van der Waals surface area contributed by atoms with Crippen LogP contribution in [0.25, 0.3) is 0 Å². The Morgan fingerprint density at radius 2 is 2.16 bits per heavy atom. The van der Waals surface area contributed by atoms with E-state index in [1.165, 1.54) is 11.8 Å². The number of benzene rings is 1. The highest BCUT2D eigenvalue weighted by Crippen LogP contribution is 2.33. The maximum atomic E-state index is 11.1. The molecule has 0 aliphatic rings. The molecule has 0 amide bonds. The molecule has 19 heavy (non-hydrogen) atoms. The van der Waals surface area contributed by atoms with E-state index < -0.39 is 0 Å². The maximum absolute atomic E-state index is 11.1. The first-order valence-corrected chi connectivity index (χ1v) is 7.00. The minimum atomic E-state index is -0.323. The average Bonchev–Trinajstić information content (AvgIpc) is 2.89. The molecule has 1 aromatic heterocycles. The molecule has 0 saturated carbocycles. The summed E-state index contributed by atoms with van der Waals surface area (Å²) in [4.78, 5) is 11.5. The Hall–Kier alpha value is -1.75. The molecule has 0 spiro atoms. The fraction of sp³-hybridized carbons (Fsp3) is 0.286. The second-order valence-electron chi connectivity index (χ2n) is 4.51. The van der Waals surface area contributed by atoms with Gasteiger partial charge in [0.25, 0.3) is 5.69 Å². The molecule has 0 fully saturated rings. The van der Waals surface area contributed by atoms with E-state index in [0.29, 0.717) is 10.6 Å². The van der Waals surface area contributed by atoms with Gasteiger partial charge in [-0.15, -0.1) is 11.8 Å². The van der Waals surface area contributed by atoms with Crippen molar-refractivity contribution in [2.24, 2.45) is 0 Å². The van der Waals surface area contributed by atoms with Gasteiger partial charge in [0, 0.05) is 6.07 Å². The highest BCUT2D eigenvalue weighted by Gasteiger charge is 2.16. The molecular weight excluding hydrogens is 262 g/mol. The Morgan fingerprint density at radius 1 is 1.37 bits per heavy atom. The topological polar surface area (TPSA) is 56.3 Å².